The molecule has 1 aromatic rings. The Morgan fingerprint density at radius 1 is 1.50 bits per heavy atom. The molecule has 0 saturated carbocycles. The molecule has 0 aliphatic heterocycles. The summed E-state index contributed by atoms with van der Waals surface area (Å²) in [6.07, 6.45) is 3.59. The van der Waals surface area contributed by atoms with Crippen LogP contribution in [0, 0.1) is 0 Å². The number of hydrogen-bond acceptors (Lipinski definition) is 3. The van der Waals surface area contributed by atoms with Gasteiger partial charge in [-0.15, -0.1) is 0 Å². The lowest BCUT2D eigenvalue weighted by molar-refractivity contribution is -0.142. The lowest BCUT2D eigenvalue weighted by atomic mass is 10.2. The fraction of sp³-hybridized carbons (Fsp3) is 0.250. The maximum Gasteiger partial charge on any atom is 0.309 e. The Labute approximate surface area is 99.3 Å². The van der Waals surface area contributed by atoms with Crippen molar-refractivity contribution >= 4 is 23.6 Å². The van der Waals surface area contributed by atoms with Gasteiger partial charge in [-0.2, -0.15) is 0 Å². The predicted molar refractivity (Wildman–Crippen MR) is 63.4 cm³/mol. The van der Waals surface area contributed by atoms with Gasteiger partial charge < -0.3 is 9.84 Å². The summed E-state index contributed by atoms with van der Waals surface area (Å²) >= 11 is 5.76. The number of carbonyl (C=O) groups excluding carboxylic acids is 1. The molecule has 0 atom stereocenters. The predicted octanol–water partition coefficient (Wildman–Crippen LogP) is 3.01. The monoisotopic (exact) mass is 240 g/mol. The molecule has 0 unspecified atom stereocenters. The zero-order chi connectivity index (χ0) is 12.0. The first kappa shape index (κ1) is 12.6. The van der Waals surface area contributed by atoms with E-state index in [0.717, 1.165) is 5.56 Å². The Bertz CT molecular complexity index is 379. The number of benzene rings is 1. The largest absolute Gasteiger partial charge is 0.508 e. The van der Waals surface area contributed by atoms with Crippen molar-refractivity contribution in [1.82, 2.24) is 0 Å². The van der Waals surface area contributed by atoms with Crippen LogP contribution in [0.15, 0.2) is 24.3 Å². The van der Waals surface area contributed by atoms with Gasteiger partial charge in [0.1, 0.15) is 5.75 Å². The van der Waals surface area contributed by atoms with Crippen molar-refractivity contribution in [1.29, 1.82) is 0 Å². The van der Waals surface area contributed by atoms with Gasteiger partial charge in [0.2, 0.25) is 0 Å². The van der Waals surface area contributed by atoms with Crippen LogP contribution in [0.1, 0.15) is 18.9 Å². The van der Waals surface area contributed by atoms with Crippen LogP contribution in [-0.2, 0) is 9.53 Å². The fourth-order valence-corrected chi connectivity index (χ4v) is 1.44. The number of rotatable bonds is 4. The zero-order valence-electron chi connectivity index (χ0n) is 8.94. The zero-order valence-corrected chi connectivity index (χ0v) is 9.70. The van der Waals surface area contributed by atoms with Gasteiger partial charge in [0.05, 0.1) is 13.0 Å². The minimum atomic E-state index is -0.273. The molecule has 0 saturated heterocycles. The summed E-state index contributed by atoms with van der Waals surface area (Å²) in [5.41, 5.74) is 0.745. The van der Waals surface area contributed by atoms with Gasteiger partial charge in [-0.3, -0.25) is 4.79 Å². The normalized spacial score (nSPS) is 10.6. The third-order valence-corrected chi connectivity index (χ3v) is 2.02. The van der Waals surface area contributed by atoms with Crippen molar-refractivity contribution in [3.63, 3.8) is 0 Å². The first-order chi connectivity index (χ1) is 7.61. The topological polar surface area (TPSA) is 46.5 Å². The summed E-state index contributed by atoms with van der Waals surface area (Å²) in [6.45, 7) is 2.14. The standard InChI is InChI=1S/C12H13ClO3/c1-2-16-12(15)5-3-4-9-6-10(13)8-11(14)7-9/h3-4,6-8,14H,2,5H2,1H3. The van der Waals surface area contributed by atoms with Crippen molar-refractivity contribution in [3.8, 4) is 5.75 Å². The average molecular weight is 241 g/mol. The molecule has 0 radical (unpaired) electrons. The first-order valence-corrected chi connectivity index (χ1v) is 5.31. The molecule has 0 heterocycles. The smallest absolute Gasteiger partial charge is 0.309 e. The summed E-state index contributed by atoms with van der Waals surface area (Å²) in [6, 6.07) is 4.71. The highest BCUT2D eigenvalue weighted by atomic mass is 35.5. The van der Waals surface area contributed by atoms with Crippen molar-refractivity contribution in [2.45, 2.75) is 13.3 Å². The van der Waals surface area contributed by atoms with Gasteiger partial charge in [-0.1, -0.05) is 23.8 Å². The molecule has 0 spiro atoms. The van der Waals surface area contributed by atoms with Crippen LogP contribution in [0.4, 0.5) is 0 Å². The van der Waals surface area contributed by atoms with Crippen molar-refractivity contribution in [3.05, 3.63) is 34.9 Å². The Balaban J connectivity index is 2.59. The minimum Gasteiger partial charge on any atom is -0.508 e. The highest BCUT2D eigenvalue weighted by Gasteiger charge is 1.98. The minimum absolute atomic E-state index is 0.100. The van der Waals surface area contributed by atoms with Crippen LogP contribution in [0.2, 0.25) is 5.02 Å². The van der Waals surface area contributed by atoms with Gasteiger partial charge in [-0.25, -0.2) is 0 Å². The van der Waals surface area contributed by atoms with Crippen molar-refractivity contribution in [2.75, 3.05) is 6.61 Å². The van der Waals surface area contributed by atoms with E-state index in [4.69, 9.17) is 16.3 Å². The number of halogens is 1. The Kier molecular flexibility index (Phi) is 4.86. The van der Waals surface area contributed by atoms with Gasteiger partial charge in [0, 0.05) is 5.02 Å². The number of aromatic hydroxyl groups is 1. The molecule has 16 heavy (non-hydrogen) atoms. The molecular weight excluding hydrogens is 228 g/mol. The van der Waals surface area contributed by atoms with Gasteiger partial charge in [0.15, 0.2) is 0 Å². The second kappa shape index (κ2) is 6.18. The van der Waals surface area contributed by atoms with Crippen LogP contribution in [0.3, 0.4) is 0 Å². The Hall–Kier alpha value is -1.48. The van der Waals surface area contributed by atoms with Crippen LogP contribution < -0.4 is 0 Å². The van der Waals surface area contributed by atoms with Crippen LogP contribution in [0.5, 0.6) is 5.75 Å². The molecule has 4 heteroatoms. The van der Waals surface area contributed by atoms with E-state index in [2.05, 4.69) is 0 Å². The maximum absolute atomic E-state index is 11.0. The number of carbonyl (C=O) groups is 1. The highest BCUT2D eigenvalue weighted by molar-refractivity contribution is 6.30. The van der Waals surface area contributed by atoms with Gasteiger partial charge >= 0.3 is 5.97 Å². The number of phenolic OH excluding ortho intramolecular Hbond substituents is 1. The highest BCUT2D eigenvalue weighted by Crippen LogP contribution is 2.20. The first-order valence-electron chi connectivity index (χ1n) is 4.93. The lowest BCUT2D eigenvalue weighted by Gasteiger charge is -1.98. The number of hydrogen-bond donors (Lipinski definition) is 1. The van der Waals surface area contributed by atoms with Crippen molar-refractivity contribution in [2.24, 2.45) is 0 Å². The SMILES string of the molecule is CCOC(=O)CC=Cc1cc(O)cc(Cl)c1. The fourth-order valence-electron chi connectivity index (χ4n) is 1.20. The molecule has 0 aliphatic carbocycles. The van der Waals surface area contributed by atoms with Crippen LogP contribution >= 0.6 is 11.6 Å². The average Bonchev–Trinajstić information content (AvgIpc) is 2.16. The molecule has 0 aromatic heterocycles. The van der Waals surface area contributed by atoms with Crippen molar-refractivity contribution < 1.29 is 14.6 Å². The van der Waals surface area contributed by atoms with Gasteiger partial charge in [-0.05, 0) is 30.7 Å². The van der Waals surface area contributed by atoms with E-state index in [1.165, 1.54) is 6.07 Å². The number of esters is 1. The summed E-state index contributed by atoms with van der Waals surface area (Å²) in [4.78, 5) is 11.0. The molecule has 1 rings (SSSR count). The summed E-state index contributed by atoms with van der Waals surface area (Å²) in [5, 5.41) is 9.73. The second-order valence-electron chi connectivity index (χ2n) is 3.15. The summed E-state index contributed by atoms with van der Waals surface area (Å²) < 4.78 is 4.76. The second-order valence-corrected chi connectivity index (χ2v) is 3.59. The van der Waals surface area contributed by atoms with E-state index in [-0.39, 0.29) is 18.1 Å². The lowest BCUT2D eigenvalue weighted by Crippen LogP contribution is -2.01. The molecule has 86 valence electrons. The molecule has 0 aliphatic rings. The molecule has 0 amide bonds. The third kappa shape index (κ3) is 4.36. The van der Waals surface area contributed by atoms with E-state index in [9.17, 15) is 9.90 Å². The van der Waals surface area contributed by atoms with Gasteiger partial charge in [0.25, 0.3) is 0 Å². The number of phenols is 1. The molecule has 1 aromatic carbocycles. The van der Waals surface area contributed by atoms with E-state index in [0.29, 0.717) is 11.6 Å². The summed E-state index contributed by atoms with van der Waals surface area (Å²) in [5.74, 6) is -0.173. The summed E-state index contributed by atoms with van der Waals surface area (Å²) in [7, 11) is 0. The molecular formula is C12H13ClO3. The quantitative estimate of drug-likeness (QED) is 0.823. The molecule has 3 nitrogen and oxygen atoms in total. The van der Waals surface area contributed by atoms with Crippen LogP contribution in [0.25, 0.3) is 6.08 Å². The Morgan fingerprint density at radius 2 is 2.25 bits per heavy atom. The van der Waals surface area contributed by atoms with E-state index >= 15 is 0 Å². The van der Waals surface area contributed by atoms with E-state index in [1.54, 1.807) is 31.2 Å². The van der Waals surface area contributed by atoms with E-state index in [1.807, 2.05) is 0 Å². The Morgan fingerprint density at radius 3 is 2.88 bits per heavy atom. The number of ether oxygens (including phenoxy) is 1. The molecule has 1 N–H and O–H groups in total. The van der Waals surface area contributed by atoms with Crippen LogP contribution in [-0.4, -0.2) is 17.7 Å². The van der Waals surface area contributed by atoms with E-state index < -0.39 is 0 Å². The molecule has 0 bridgehead atoms. The molecule has 0 fully saturated rings. The third-order valence-electron chi connectivity index (χ3n) is 1.81. The maximum atomic E-state index is 11.0.